The maximum Gasteiger partial charge on any atom is 0.309 e. The Morgan fingerprint density at radius 1 is 1.60 bits per heavy atom. The third-order valence-corrected chi connectivity index (χ3v) is 2.54. The van der Waals surface area contributed by atoms with E-state index in [1.165, 1.54) is 0 Å². The standard InChI is InChI=1S/C9H17N3O3/c1-2-15-8(13)7-3-5-12(6-4-7)9(10)11-14/h7,14H,2-6H2,1H3,(H2,10,11). The van der Waals surface area contributed by atoms with E-state index in [1.54, 1.807) is 11.8 Å². The minimum absolute atomic E-state index is 0.0484. The van der Waals surface area contributed by atoms with Crippen LogP contribution in [-0.4, -0.2) is 41.7 Å². The number of nitrogens with two attached hydrogens (primary N) is 1. The summed E-state index contributed by atoms with van der Waals surface area (Å²) in [4.78, 5) is 13.1. The van der Waals surface area contributed by atoms with E-state index in [0.717, 1.165) is 0 Å². The van der Waals surface area contributed by atoms with Crippen LogP contribution in [0.25, 0.3) is 0 Å². The fourth-order valence-electron chi connectivity index (χ4n) is 1.67. The van der Waals surface area contributed by atoms with E-state index in [2.05, 4.69) is 5.16 Å². The third-order valence-electron chi connectivity index (χ3n) is 2.54. The van der Waals surface area contributed by atoms with Crippen LogP contribution in [0.5, 0.6) is 0 Å². The monoisotopic (exact) mass is 215 g/mol. The molecule has 1 heterocycles. The molecular weight excluding hydrogens is 198 g/mol. The molecule has 0 aromatic heterocycles. The predicted molar refractivity (Wildman–Crippen MR) is 54.3 cm³/mol. The molecule has 0 aromatic carbocycles. The minimum Gasteiger partial charge on any atom is -0.466 e. The molecule has 1 aliphatic rings. The zero-order valence-corrected chi connectivity index (χ0v) is 8.85. The van der Waals surface area contributed by atoms with Gasteiger partial charge in [-0.3, -0.25) is 4.79 Å². The maximum atomic E-state index is 11.4. The lowest BCUT2D eigenvalue weighted by Gasteiger charge is -2.30. The molecule has 3 N–H and O–H groups in total. The van der Waals surface area contributed by atoms with Crippen molar-refractivity contribution in [2.75, 3.05) is 19.7 Å². The number of esters is 1. The van der Waals surface area contributed by atoms with Crippen LogP contribution >= 0.6 is 0 Å². The Hall–Kier alpha value is -1.46. The van der Waals surface area contributed by atoms with Crippen molar-refractivity contribution in [2.24, 2.45) is 16.8 Å². The molecule has 0 radical (unpaired) electrons. The molecule has 1 rings (SSSR count). The second kappa shape index (κ2) is 5.43. The normalized spacial score (nSPS) is 19.0. The zero-order chi connectivity index (χ0) is 11.3. The first-order chi connectivity index (χ1) is 7.19. The van der Waals surface area contributed by atoms with E-state index < -0.39 is 0 Å². The second-order valence-corrected chi connectivity index (χ2v) is 3.47. The lowest BCUT2D eigenvalue weighted by Crippen LogP contribution is -2.44. The van der Waals surface area contributed by atoms with Crippen molar-refractivity contribution < 1.29 is 14.7 Å². The first-order valence-electron chi connectivity index (χ1n) is 5.08. The van der Waals surface area contributed by atoms with Crippen molar-refractivity contribution >= 4 is 11.9 Å². The van der Waals surface area contributed by atoms with Crippen molar-refractivity contribution in [3.8, 4) is 0 Å². The van der Waals surface area contributed by atoms with Crippen LogP contribution in [0.2, 0.25) is 0 Å². The van der Waals surface area contributed by atoms with Gasteiger partial charge >= 0.3 is 5.97 Å². The lowest BCUT2D eigenvalue weighted by molar-refractivity contribution is -0.149. The number of carbonyl (C=O) groups is 1. The van der Waals surface area contributed by atoms with Gasteiger partial charge in [0.05, 0.1) is 12.5 Å². The van der Waals surface area contributed by atoms with Gasteiger partial charge in [0, 0.05) is 13.1 Å². The van der Waals surface area contributed by atoms with Crippen molar-refractivity contribution in [1.29, 1.82) is 0 Å². The molecule has 6 nitrogen and oxygen atoms in total. The summed E-state index contributed by atoms with van der Waals surface area (Å²) in [5, 5.41) is 11.4. The van der Waals surface area contributed by atoms with E-state index in [0.29, 0.717) is 32.5 Å². The van der Waals surface area contributed by atoms with Crippen LogP contribution in [0.15, 0.2) is 5.16 Å². The average Bonchev–Trinajstić information content (AvgIpc) is 2.28. The smallest absolute Gasteiger partial charge is 0.309 e. The summed E-state index contributed by atoms with van der Waals surface area (Å²) in [7, 11) is 0. The molecule has 0 aliphatic carbocycles. The van der Waals surface area contributed by atoms with Gasteiger partial charge < -0.3 is 20.6 Å². The number of hydrogen-bond acceptors (Lipinski definition) is 4. The number of guanidine groups is 1. The highest BCUT2D eigenvalue weighted by atomic mass is 16.5. The van der Waals surface area contributed by atoms with Crippen LogP contribution < -0.4 is 5.73 Å². The molecule has 86 valence electrons. The molecule has 15 heavy (non-hydrogen) atoms. The van der Waals surface area contributed by atoms with Gasteiger partial charge in [-0.15, -0.1) is 0 Å². The first kappa shape index (κ1) is 11.6. The van der Waals surface area contributed by atoms with Crippen molar-refractivity contribution in [1.82, 2.24) is 4.90 Å². The lowest BCUT2D eigenvalue weighted by atomic mass is 9.97. The minimum atomic E-state index is -0.142. The summed E-state index contributed by atoms with van der Waals surface area (Å²) in [6, 6.07) is 0. The largest absolute Gasteiger partial charge is 0.466 e. The summed E-state index contributed by atoms with van der Waals surface area (Å²) < 4.78 is 4.94. The molecule has 1 aliphatic heterocycles. The quantitative estimate of drug-likeness (QED) is 0.222. The molecule has 0 aromatic rings. The highest BCUT2D eigenvalue weighted by Gasteiger charge is 2.26. The Labute approximate surface area is 88.7 Å². The molecule has 0 unspecified atom stereocenters. The number of nitrogens with zero attached hydrogens (tertiary/aromatic N) is 2. The summed E-state index contributed by atoms with van der Waals surface area (Å²) in [5.41, 5.74) is 5.44. The summed E-state index contributed by atoms with van der Waals surface area (Å²) in [5.74, 6) is -0.0818. The molecule has 6 heteroatoms. The number of hydrogen-bond donors (Lipinski definition) is 2. The summed E-state index contributed by atoms with van der Waals surface area (Å²) in [6.07, 6.45) is 1.38. The van der Waals surface area contributed by atoms with Gasteiger partial charge in [0.25, 0.3) is 0 Å². The topological polar surface area (TPSA) is 88.2 Å². The molecule has 1 saturated heterocycles. The van der Waals surface area contributed by atoms with Gasteiger partial charge in [0.15, 0.2) is 0 Å². The van der Waals surface area contributed by atoms with Crippen LogP contribution in [-0.2, 0) is 9.53 Å². The van der Waals surface area contributed by atoms with Crippen LogP contribution in [0.1, 0.15) is 19.8 Å². The number of ether oxygens (including phenoxy) is 1. The molecule has 0 saturated carbocycles. The fourth-order valence-corrected chi connectivity index (χ4v) is 1.67. The van der Waals surface area contributed by atoms with Crippen LogP contribution in [0.4, 0.5) is 0 Å². The van der Waals surface area contributed by atoms with Gasteiger partial charge in [-0.05, 0) is 19.8 Å². The first-order valence-corrected chi connectivity index (χ1v) is 5.08. The van der Waals surface area contributed by atoms with E-state index in [-0.39, 0.29) is 17.8 Å². The highest BCUT2D eigenvalue weighted by Crippen LogP contribution is 2.18. The molecule has 1 fully saturated rings. The SMILES string of the molecule is CCOC(=O)C1CCN(/C(N)=N/O)CC1. The van der Waals surface area contributed by atoms with E-state index in [1.807, 2.05) is 0 Å². The Balaban J connectivity index is 2.39. The third kappa shape index (κ3) is 3.00. The maximum absolute atomic E-state index is 11.4. The molecular formula is C9H17N3O3. The predicted octanol–water partition coefficient (Wildman–Crippen LogP) is -0.0346. The Morgan fingerprint density at radius 2 is 2.20 bits per heavy atom. The second-order valence-electron chi connectivity index (χ2n) is 3.47. The van der Waals surface area contributed by atoms with Gasteiger partial charge in [0.1, 0.15) is 0 Å². The number of oxime groups is 1. The number of rotatable bonds is 2. The summed E-state index contributed by atoms with van der Waals surface area (Å²) >= 11 is 0. The van der Waals surface area contributed by atoms with Crippen molar-refractivity contribution in [2.45, 2.75) is 19.8 Å². The fraction of sp³-hybridized carbons (Fsp3) is 0.778. The molecule has 0 atom stereocenters. The number of carbonyl (C=O) groups excluding carboxylic acids is 1. The average molecular weight is 215 g/mol. The zero-order valence-electron chi connectivity index (χ0n) is 8.85. The van der Waals surface area contributed by atoms with Gasteiger partial charge in [0.2, 0.25) is 5.96 Å². The Bertz CT molecular complexity index is 247. The van der Waals surface area contributed by atoms with Crippen LogP contribution in [0.3, 0.4) is 0 Å². The van der Waals surface area contributed by atoms with E-state index in [9.17, 15) is 4.79 Å². The molecule has 0 spiro atoms. The highest BCUT2D eigenvalue weighted by molar-refractivity contribution is 5.78. The van der Waals surface area contributed by atoms with Gasteiger partial charge in [-0.25, -0.2) is 0 Å². The Morgan fingerprint density at radius 3 is 2.67 bits per heavy atom. The number of piperidine rings is 1. The van der Waals surface area contributed by atoms with E-state index >= 15 is 0 Å². The van der Waals surface area contributed by atoms with Gasteiger partial charge in [-0.2, -0.15) is 0 Å². The van der Waals surface area contributed by atoms with Crippen LogP contribution in [0, 0.1) is 5.92 Å². The van der Waals surface area contributed by atoms with Crippen molar-refractivity contribution in [3.05, 3.63) is 0 Å². The molecule has 0 amide bonds. The van der Waals surface area contributed by atoms with E-state index in [4.69, 9.17) is 15.7 Å². The van der Waals surface area contributed by atoms with Crippen molar-refractivity contribution in [3.63, 3.8) is 0 Å². The number of likely N-dealkylation sites (tertiary alicyclic amines) is 1. The molecule has 0 bridgehead atoms. The summed E-state index contributed by atoms with van der Waals surface area (Å²) in [6.45, 7) is 3.46. The van der Waals surface area contributed by atoms with Gasteiger partial charge in [-0.1, -0.05) is 5.16 Å². The Kier molecular flexibility index (Phi) is 4.20.